The van der Waals surface area contributed by atoms with Gasteiger partial charge in [-0.3, -0.25) is 4.57 Å². The van der Waals surface area contributed by atoms with Crippen LogP contribution in [0.15, 0.2) is 48.7 Å². The molecule has 0 unspecified atom stereocenters. The molecule has 0 atom stereocenters. The van der Waals surface area contributed by atoms with Gasteiger partial charge in [0, 0.05) is 23.0 Å². The summed E-state index contributed by atoms with van der Waals surface area (Å²) >= 11 is 0. The van der Waals surface area contributed by atoms with E-state index in [2.05, 4.69) is 81.7 Å². The molecule has 0 fully saturated rings. The Morgan fingerprint density at radius 2 is 1.68 bits per heavy atom. The lowest BCUT2D eigenvalue weighted by Crippen LogP contribution is -2.12. The normalized spacial score (nSPS) is 12.1. The molecule has 34 heavy (non-hydrogen) atoms. The van der Waals surface area contributed by atoms with Crippen molar-refractivity contribution in [2.24, 2.45) is 0 Å². The zero-order valence-corrected chi connectivity index (χ0v) is 21.9. The Labute approximate surface area is 205 Å². The number of ether oxygens (including phenoxy) is 1. The van der Waals surface area contributed by atoms with Crippen molar-refractivity contribution in [2.45, 2.75) is 85.0 Å². The number of hydrogen-bond donors (Lipinski definition) is 0. The maximum Gasteiger partial charge on any atom is 0.137 e. The van der Waals surface area contributed by atoms with Gasteiger partial charge in [0.15, 0.2) is 0 Å². The SMILES string of the molecule is CCCCCCc1ccc2c(c1CCC)c1ccc(OC)cc1n2-c1cc(C(C)(C)C)ccn1. The van der Waals surface area contributed by atoms with Crippen LogP contribution < -0.4 is 4.74 Å². The van der Waals surface area contributed by atoms with E-state index in [0.29, 0.717) is 0 Å². The third kappa shape index (κ3) is 4.71. The van der Waals surface area contributed by atoms with Gasteiger partial charge in [-0.05, 0) is 71.7 Å². The minimum atomic E-state index is 0.0627. The van der Waals surface area contributed by atoms with Crippen molar-refractivity contribution in [2.75, 3.05) is 7.11 Å². The fourth-order valence-electron chi connectivity index (χ4n) is 5.10. The molecule has 4 aromatic rings. The van der Waals surface area contributed by atoms with Crippen molar-refractivity contribution < 1.29 is 4.74 Å². The highest BCUT2D eigenvalue weighted by atomic mass is 16.5. The highest BCUT2D eigenvalue weighted by Crippen LogP contribution is 2.38. The first-order valence-electron chi connectivity index (χ1n) is 13.0. The van der Waals surface area contributed by atoms with Gasteiger partial charge >= 0.3 is 0 Å². The monoisotopic (exact) mass is 456 g/mol. The molecule has 0 amide bonds. The molecule has 0 saturated carbocycles. The van der Waals surface area contributed by atoms with E-state index in [1.54, 1.807) is 7.11 Å². The first kappa shape index (κ1) is 24.3. The molecule has 0 radical (unpaired) electrons. The molecule has 0 bridgehead atoms. The Balaban J connectivity index is 1.99. The van der Waals surface area contributed by atoms with Crippen molar-refractivity contribution in [1.29, 1.82) is 0 Å². The van der Waals surface area contributed by atoms with Crippen LogP contribution in [0.1, 0.15) is 83.4 Å². The van der Waals surface area contributed by atoms with Crippen LogP contribution in [0.25, 0.3) is 27.6 Å². The molecule has 0 aliphatic rings. The van der Waals surface area contributed by atoms with E-state index in [4.69, 9.17) is 9.72 Å². The number of unbranched alkanes of at least 4 members (excludes halogenated alkanes) is 3. The molecular weight excluding hydrogens is 416 g/mol. The molecule has 2 heterocycles. The van der Waals surface area contributed by atoms with Crippen LogP contribution in [0.4, 0.5) is 0 Å². The summed E-state index contributed by atoms with van der Waals surface area (Å²) in [6, 6.07) is 15.6. The highest BCUT2D eigenvalue weighted by molar-refractivity contribution is 6.11. The molecule has 0 aliphatic carbocycles. The number of aromatic nitrogens is 2. The molecule has 0 saturated heterocycles. The minimum absolute atomic E-state index is 0.0627. The van der Waals surface area contributed by atoms with E-state index in [9.17, 15) is 0 Å². The van der Waals surface area contributed by atoms with Gasteiger partial charge in [0.2, 0.25) is 0 Å². The molecule has 2 aromatic heterocycles. The lowest BCUT2D eigenvalue weighted by molar-refractivity contribution is 0.415. The molecule has 0 aliphatic heterocycles. The van der Waals surface area contributed by atoms with E-state index in [1.807, 2.05) is 6.20 Å². The first-order valence-corrected chi connectivity index (χ1v) is 13.0. The average Bonchev–Trinajstić information content (AvgIpc) is 3.16. The van der Waals surface area contributed by atoms with Crippen LogP contribution in [0.2, 0.25) is 0 Å². The number of nitrogens with zero attached hydrogens (tertiary/aromatic N) is 2. The second-order valence-corrected chi connectivity index (χ2v) is 10.5. The van der Waals surface area contributed by atoms with Crippen LogP contribution in [0, 0.1) is 0 Å². The molecule has 0 spiro atoms. The lowest BCUT2D eigenvalue weighted by atomic mass is 9.88. The van der Waals surface area contributed by atoms with Gasteiger partial charge in [-0.25, -0.2) is 4.98 Å². The second-order valence-electron chi connectivity index (χ2n) is 10.5. The van der Waals surface area contributed by atoms with E-state index >= 15 is 0 Å². The molecule has 4 rings (SSSR count). The number of benzene rings is 2. The summed E-state index contributed by atoms with van der Waals surface area (Å²) in [6.45, 7) is 11.3. The van der Waals surface area contributed by atoms with Crippen LogP contribution in [0.3, 0.4) is 0 Å². The maximum absolute atomic E-state index is 5.63. The number of aryl methyl sites for hydroxylation is 2. The molecule has 3 nitrogen and oxygen atoms in total. The number of pyridine rings is 1. The third-order valence-electron chi connectivity index (χ3n) is 6.98. The van der Waals surface area contributed by atoms with Crippen molar-refractivity contribution in [3.8, 4) is 11.6 Å². The van der Waals surface area contributed by atoms with Crippen LogP contribution in [0.5, 0.6) is 5.75 Å². The fraction of sp³-hybridized carbons (Fsp3) is 0.452. The number of fused-ring (bicyclic) bond motifs is 3. The summed E-state index contributed by atoms with van der Waals surface area (Å²) in [6.07, 6.45) is 10.5. The smallest absolute Gasteiger partial charge is 0.137 e. The predicted molar refractivity (Wildman–Crippen MR) is 146 cm³/mol. The molecular formula is C31H40N2O. The van der Waals surface area contributed by atoms with Crippen molar-refractivity contribution in [3.63, 3.8) is 0 Å². The molecule has 0 N–H and O–H groups in total. The number of rotatable bonds is 9. The Morgan fingerprint density at radius 3 is 2.38 bits per heavy atom. The zero-order valence-electron chi connectivity index (χ0n) is 21.9. The van der Waals surface area contributed by atoms with Gasteiger partial charge in [0.25, 0.3) is 0 Å². The highest BCUT2D eigenvalue weighted by Gasteiger charge is 2.20. The van der Waals surface area contributed by atoms with Gasteiger partial charge < -0.3 is 4.74 Å². The van der Waals surface area contributed by atoms with Crippen LogP contribution in [-0.2, 0) is 18.3 Å². The lowest BCUT2D eigenvalue weighted by Gasteiger charge is -2.20. The van der Waals surface area contributed by atoms with Gasteiger partial charge in [0.05, 0.1) is 18.1 Å². The standard InChI is InChI=1S/C31H40N2O/c1-7-9-10-11-13-22-14-17-27-30(25(22)12-8-2)26-16-15-24(34-6)21-28(26)33(27)29-20-23(18-19-32-29)31(3,4)5/h14-21H,7-13H2,1-6H3. The zero-order chi connectivity index (χ0) is 24.3. The van der Waals surface area contributed by atoms with E-state index in [-0.39, 0.29) is 5.41 Å². The quantitative estimate of drug-likeness (QED) is 0.236. The van der Waals surface area contributed by atoms with Gasteiger partial charge in [-0.1, -0.05) is 66.4 Å². The Bertz CT molecular complexity index is 1280. The minimum Gasteiger partial charge on any atom is -0.497 e. The van der Waals surface area contributed by atoms with Crippen molar-refractivity contribution in [1.82, 2.24) is 9.55 Å². The Hall–Kier alpha value is -2.81. The molecule has 2 aromatic carbocycles. The largest absolute Gasteiger partial charge is 0.497 e. The van der Waals surface area contributed by atoms with Gasteiger partial charge in [0.1, 0.15) is 11.6 Å². The summed E-state index contributed by atoms with van der Waals surface area (Å²) < 4.78 is 7.97. The molecule has 3 heteroatoms. The summed E-state index contributed by atoms with van der Waals surface area (Å²) in [4.78, 5) is 4.84. The topological polar surface area (TPSA) is 27.1 Å². The maximum atomic E-state index is 5.63. The summed E-state index contributed by atoms with van der Waals surface area (Å²) in [5.74, 6) is 1.85. The molecule has 180 valence electrons. The van der Waals surface area contributed by atoms with E-state index in [1.165, 1.54) is 58.7 Å². The van der Waals surface area contributed by atoms with E-state index < -0.39 is 0 Å². The van der Waals surface area contributed by atoms with Crippen molar-refractivity contribution >= 4 is 21.8 Å². The summed E-state index contributed by atoms with van der Waals surface area (Å²) in [7, 11) is 1.74. The Morgan fingerprint density at radius 1 is 0.853 bits per heavy atom. The number of methoxy groups -OCH3 is 1. The van der Waals surface area contributed by atoms with E-state index in [0.717, 1.165) is 36.3 Å². The summed E-state index contributed by atoms with van der Waals surface area (Å²) in [5, 5.41) is 2.67. The summed E-state index contributed by atoms with van der Waals surface area (Å²) in [5.41, 5.74) is 6.77. The number of hydrogen-bond acceptors (Lipinski definition) is 2. The second kappa shape index (κ2) is 10.2. The average molecular weight is 457 g/mol. The van der Waals surface area contributed by atoms with Crippen LogP contribution in [-0.4, -0.2) is 16.7 Å². The fourth-order valence-corrected chi connectivity index (χ4v) is 5.10. The predicted octanol–water partition coefficient (Wildman–Crippen LogP) is 8.56. The van der Waals surface area contributed by atoms with Crippen molar-refractivity contribution in [3.05, 3.63) is 65.4 Å². The Kier molecular flexibility index (Phi) is 7.30. The first-order chi connectivity index (χ1) is 16.4. The van der Waals surface area contributed by atoms with Gasteiger partial charge in [-0.15, -0.1) is 0 Å². The van der Waals surface area contributed by atoms with Crippen LogP contribution >= 0.6 is 0 Å². The van der Waals surface area contributed by atoms with Gasteiger partial charge in [-0.2, -0.15) is 0 Å². The third-order valence-corrected chi connectivity index (χ3v) is 6.98.